The zero-order chi connectivity index (χ0) is 14.5. The molecular weight excluding hydrogens is 228 g/mol. The van der Waals surface area contributed by atoms with Gasteiger partial charge in [-0.25, -0.2) is 0 Å². The van der Waals surface area contributed by atoms with Gasteiger partial charge in [-0.2, -0.15) is 0 Å². The quantitative estimate of drug-likeness (QED) is 0.490. The van der Waals surface area contributed by atoms with Crippen LogP contribution in [-0.4, -0.2) is 0 Å². The lowest BCUT2D eigenvalue weighted by molar-refractivity contribution is 0.126. The summed E-state index contributed by atoms with van der Waals surface area (Å²) in [6, 6.07) is 0. The van der Waals surface area contributed by atoms with Crippen LogP contribution in [0.15, 0.2) is 11.6 Å². The minimum Gasteiger partial charge on any atom is -0.0794 e. The first-order chi connectivity index (χ1) is 8.96. The first-order valence-corrected chi connectivity index (χ1v) is 8.65. The van der Waals surface area contributed by atoms with Gasteiger partial charge in [-0.05, 0) is 49.4 Å². The Hall–Kier alpha value is -0.260. The molecule has 1 aliphatic carbocycles. The summed E-state index contributed by atoms with van der Waals surface area (Å²) in [6.45, 7) is 14.5. The normalized spacial score (nSPS) is 32.1. The van der Waals surface area contributed by atoms with Gasteiger partial charge in [0.05, 0.1) is 0 Å². The van der Waals surface area contributed by atoms with Crippen molar-refractivity contribution >= 4 is 0 Å². The van der Waals surface area contributed by atoms with Crippen molar-refractivity contribution in [1.29, 1.82) is 0 Å². The fraction of sp³-hybridized carbons (Fsp3) is 0.895. The average Bonchev–Trinajstić information content (AvgIpc) is 2.35. The molecule has 0 fully saturated rings. The summed E-state index contributed by atoms with van der Waals surface area (Å²) in [5.74, 6) is 2.63. The summed E-state index contributed by atoms with van der Waals surface area (Å²) < 4.78 is 0. The number of rotatable bonds is 5. The molecule has 1 aliphatic rings. The summed E-state index contributed by atoms with van der Waals surface area (Å²) >= 11 is 0. The van der Waals surface area contributed by atoms with E-state index in [1.165, 1.54) is 44.9 Å². The minimum atomic E-state index is 0.426. The second-order valence-electron chi connectivity index (χ2n) is 7.27. The van der Waals surface area contributed by atoms with Crippen LogP contribution in [0.2, 0.25) is 0 Å². The van der Waals surface area contributed by atoms with Gasteiger partial charge >= 0.3 is 0 Å². The Bertz CT molecular complexity index is 288. The molecule has 0 aliphatic heterocycles. The number of hydrogen-bond acceptors (Lipinski definition) is 0. The van der Waals surface area contributed by atoms with Crippen LogP contribution in [0.4, 0.5) is 0 Å². The molecule has 0 heteroatoms. The number of hydrogen-bond donors (Lipinski definition) is 0. The van der Waals surface area contributed by atoms with Crippen molar-refractivity contribution in [2.75, 3.05) is 0 Å². The zero-order valence-electron chi connectivity index (χ0n) is 14.3. The topological polar surface area (TPSA) is 0 Å². The summed E-state index contributed by atoms with van der Waals surface area (Å²) in [5, 5.41) is 0. The van der Waals surface area contributed by atoms with Crippen molar-refractivity contribution in [3.05, 3.63) is 11.6 Å². The average molecular weight is 264 g/mol. The highest BCUT2D eigenvalue weighted by Crippen LogP contribution is 2.46. The predicted octanol–water partition coefficient (Wildman–Crippen LogP) is 6.61. The molecule has 112 valence electrons. The van der Waals surface area contributed by atoms with E-state index in [4.69, 9.17) is 0 Å². The molecule has 0 N–H and O–H groups in total. The first-order valence-electron chi connectivity index (χ1n) is 8.65. The van der Waals surface area contributed by atoms with Crippen LogP contribution < -0.4 is 0 Å². The van der Waals surface area contributed by atoms with E-state index < -0.39 is 0 Å². The Morgan fingerprint density at radius 3 is 2.47 bits per heavy atom. The SMILES string of the molecule is CCC1CCCC(C)=CC(C)(C(CC)C(C)CC)C1. The van der Waals surface area contributed by atoms with E-state index in [1.54, 1.807) is 5.57 Å². The van der Waals surface area contributed by atoms with Crippen molar-refractivity contribution in [2.24, 2.45) is 23.2 Å². The molecule has 0 nitrogen and oxygen atoms in total. The smallest absolute Gasteiger partial charge is 0.0111 e. The molecule has 0 spiro atoms. The van der Waals surface area contributed by atoms with Crippen LogP contribution in [-0.2, 0) is 0 Å². The molecule has 19 heavy (non-hydrogen) atoms. The lowest BCUT2D eigenvalue weighted by Gasteiger charge is -2.42. The standard InChI is InChI=1S/C19H36/c1-7-16(5)18(9-3)19(6)13-15(4)11-10-12-17(8-2)14-19/h13,16-18H,7-12,14H2,1-6H3. The maximum atomic E-state index is 2.66. The molecule has 0 bridgehead atoms. The largest absolute Gasteiger partial charge is 0.0794 e. The van der Waals surface area contributed by atoms with Gasteiger partial charge in [-0.1, -0.05) is 72.0 Å². The van der Waals surface area contributed by atoms with Crippen LogP contribution in [0.25, 0.3) is 0 Å². The van der Waals surface area contributed by atoms with E-state index in [0.29, 0.717) is 5.41 Å². The molecule has 0 saturated heterocycles. The van der Waals surface area contributed by atoms with Gasteiger partial charge in [-0.15, -0.1) is 0 Å². The van der Waals surface area contributed by atoms with Gasteiger partial charge in [0.2, 0.25) is 0 Å². The van der Waals surface area contributed by atoms with Crippen LogP contribution in [0, 0.1) is 23.2 Å². The molecule has 1 rings (SSSR count). The molecule has 0 saturated carbocycles. The van der Waals surface area contributed by atoms with E-state index >= 15 is 0 Å². The van der Waals surface area contributed by atoms with E-state index in [1.807, 2.05) is 0 Å². The molecular formula is C19H36. The minimum absolute atomic E-state index is 0.426. The van der Waals surface area contributed by atoms with Crippen molar-refractivity contribution in [2.45, 2.75) is 86.5 Å². The van der Waals surface area contributed by atoms with E-state index in [0.717, 1.165) is 17.8 Å². The molecule has 4 atom stereocenters. The van der Waals surface area contributed by atoms with Gasteiger partial charge in [0.15, 0.2) is 0 Å². The fourth-order valence-electron chi connectivity index (χ4n) is 4.50. The Balaban J connectivity index is 3.04. The lowest BCUT2D eigenvalue weighted by Crippen LogP contribution is -2.33. The van der Waals surface area contributed by atoms with Crippen molar-refractivity contribution < 1.29 is 0 Å². The van der Waals surface area contributed by atoms with Crippen molar-refractivity contribution in [1.82, 2.24) is 0 Å². The maximum Gasteiger partial charge on any atom is -0.0111 e. The highest BCUT2D eigenvalue weighted by molar-refractivity contribution is 5.10. The van der Waals surface area contributed by atoms with Gasteiger partial charge in [-0.3, -0.25) is 0 Å². The van der Waals surface area contributed by atoms with Crippen LogP contribution in [0.3, 0.4) is 0 Å². The van der Waals surface area contributed by atoms with Crippen LogP contribution in [0.5, 0.6) is 0 Å². The van der Waals surface area contributed by atoms with E-state index in [9.17, 15) is 0 Å². The molecule has 0 amide bonds. The Kier molecular flexibility index (Phi) is 6.63. The first kappa shape index (κ1) is 16.8. The summed E-state index contributed by atoms with van der Waals surface area (Å²) in [5.41, 5.74) is 2.06. The van der Waals surface area contributed by atoms with E-state index in [-0.39, 0.29) is 0 Å². The predicted molar refractivity (Wildman–Crippen MR) is 87.3 cm³/mol. The van der Waals surface area contributed by atoms with Gasteiger partial charge in [0, 0.05) is 0 Å². The fourth-order valence-corrected chi connectivity index (χ4v) is 4.50. The summed E-state index contributed by atoms with van der Waals surface area (Å²) in [4.78, 5) is 0. The highest BCUT2D eigenvalue weighted by Gasteiger charge is 2.36. The van der Waals surface area contributed by atoms with Crippen LogP contribution in [0.1, 0.15) is 86.5 Å². The molecule has 0 aromatic rings. The van der Waals surface area contributed by atoms with E-state index in [2.05, 4.69) is 47.6 Å². The second kappa shape index (κ2) is 7.50. The Labute approximate surface area is 122 Å². The third kappa shape index (κ3) is 4.36. The maximum absolute atomic E-state index is 2.66. The molecule has 0 aromatic carbocycles. The van der Waals surface area contributed by atoms with Crippen molar-refractivity contribution in [3.63, 3.8) is 0 Å². The second-order valence-corrected chi connectivity index (χ2v) is 7.27. The Morgan fingerprint density at radius 2 is 1.95 bits per heavy atom. The zero-order valence-corrected chi connectivity index (χ0v) is 14.3. The molecule has 0 radical (unpaired) electrons. The van der Waals surface area contributed by atoms with Gasteiger partial charge in [0.1, 0.15) is 0 Å². The third-order valence-corrected chi connectivity index (χ3v) is 5.68. The van der Waals surface area contributed by atoms with Crippen molar-refractivity contribution in [3.8, 4) is 0 Å². The summed E-state index contributed by atoms with van der Waals surface area (Å²) in [7, 11) is 0. The molecule has 0 heterocycles. The van der Waals surface area contributed by atoms with Gasteiger partial charge < -0.3 is 0 Å². The molecule has 4 unspecified atom stereocenters. The molecule has 0 aromatic heterocycles. The van der Waals surface area contributed by atoms with Crippen LogP contribution >= 0.6 is 0 Å². The summed E-state index contributed by atoms with van der Waals surface area (Å²) in [6.07, 6.45) is 12.2. The highest BCUT2D eigenvalue weighted by atomic mass is 14.4. The Morgan fingerprint density at radius 1 is 1.26 bits per heavy atom. The number of allylic oxidation sites excluding steroid dienone is 2. The lowest BCUT2D eigenvalue weighted by atomic mass is 9.63. The van der Waals surface area contributed by atoms with Gasteiger partial charge in [0.25, 0.3) is 0 Å². The third-order valence-electron chi connectivity index (χ3n) is 5.68. The monoisotopic (exact) mass is 264 g/mol.